The molecule has 0 fully saturated rings. The highest BCUT2D eigenvalue weighted by molar-refractivity contribution is 9.10. The van der Waals surface area contributed by atoms with Crippen LogP contribution in [0.15, 0.2) is 22.7 Å². The lowest BCUT2D eigenvalue weighted by molar-refractivity contribution is -0.117. The quantitative estimate of drug-likeness (QED) is 0.833. The number of rotatable bonds is 3. The number of halogens is 1. The zero-order valence-electron chi connectivity index (χ0n) is 8.96. The van der Waals surface area contributed by atoms with E-state index >= 15 is 0 Å². The predicted molar refractivity (Wildman–Crippen MR) is 68.9 cm³/mol. The smallest absolute Gasteiger partial charge is 0.242 e. The number of nitrogens with two attached hydrogens (primary N) is 1. The number of anilines is 1. The van der Waals surface area contributed by atoms with Crippen molar-refractivity contribution in [2.75, 3.05) is 5.32 Å². The Labute approximate surface area is 104 Å². The fourth-order valence-corrected chi connectivity index (χ4v) is 1.54. The Hall–Kier alpha value is -1.31. The minimum Gasteiger partial charge on any atom is -0.324 e. The summed E-state index contributed by atoms with van der Waals surface area (Å²) in [6.07, 6.45) is 5.33. The molecule has 0 saturated carbocycles. The number of hydrogen-bond donors (Lipinski definition) is 2. The molecule has 0 spiro atoms. The van der Waals surface area contributed by atoms with Crippen molar-refractivity contribution in [3.8, 4) is 12.3 Å². The van der Waals surface area contributed by atoms with Crippen molar-refractivity contribution >= 4 is 27.5 Å². The van der Waals surface area contributed by atoms with E-state index in [0.717, 1.165) is 15.7 Å². The molecule has 84 valence electrons. The average molecular weight is 281 g/mol. The van der Waals surface area contributed by atoms with Gasteiger partial charge in [-0.25, -0.2) is 0 Å². The number of benzene rings is 1. The molecule has 0 aliphatic heterocycles. The topological polar surface area (TPSA) is 55.1 Å². The number of aryl methyl sites for hydroxylation is 1. The van der Waals surface area contributed by atoms with Crippen molar-refractivity contribution < 1.29 is 4.79 Å². The molecule has 4 heteroatoms. The van der Waals surface area contributed by atoms with Gasteiger partial charge >= 0.3 is 0 Å². The van der Waals surface area contributed by atoms with E-state index in [2.05, 4.69) is 27.2 Å². The van der Waals surface area contributed by atoms with Crippen LogP contribution in [0.5, 0.6) is 0 Å². The SMILES string of the molecule is C#CCC(N)C(=O)Nc1cc(Br)ccc1C. The highest BCUT2D eigenvalue weighted by Gasteiger charge is 2.13. The second kappa shape index (κ2) is 5.69. The second-order valence-corrected chi connectivity index (χ2v) is 4.38. The van der Waals surface area contributed by atoms with Gasteiger partial charge < -0.3 is 11.1 Å². The highest BCUT2D eigenvalue weighted by Crippen LogP contribution is 2.20. The molecule has 1 atom stereocenters. The summed E-state index contributed by atoms with van der Waals surface area (Å²) in [5, 5.41) is 2.75. The second-order valence-electron chi connectivity index (χ2n) is 3.46. The number of amides is 1. The first kappa shape index (κ1) is 12.8. The summed E-state index contributed by atoms with van der Waals surface area (Å²) in [5.41, 5.74) is 7.32. The Morgan fingerprint density at radius 1 is 1.69 bits per heavy atom. The van der Waals surface area contributed by atoms with Crippen LogP contribution in [0.3, 0.4) is 0 Å². The van der Waals surface area contributed by atoms with Gasteiger partial charge in [0, 0.05) is 16.6 Å². The van der Waals surface area contributed by atoms with Crippen LogP contribution < -0.4 is 11.1 Å². The molecule has 1 amide bonds. The Morgan fingerprint density at radius 3 is 3.00 bits per heavy atom. The van der Waals surface area contributed by atoms with Crippen LogP contribution in [0.2, 0.25) is 0 Å². The van der Waals surface area contributed by atoms with Gasteiger partial charge in [0.05, 0.1) is 6.04 Å². The molecule has 0 aliphatic carbocycles. The van der Waals surface area contributed by atoms with Crippen LogP contribution in [0, 0.1) is 19.3 Å². The van der Waals surface area contributed by atoms with Crippen LogP contribution in [0.25, 0.3) is 0 Å². The summed E-state index contributed by atoms with van der Waals surface area (Å²) in [6, 6.07) is 4.98. The van der Waals surface area contributed by atoms with E-state index in [0.29, 0.717) is 0 Å². The highest BCUT2D eigenvalue weighted by atomic mass is 79.9. The molecule has 1 aromatic carbocycles. The maximum atomic E-state index is 11.6. The van der Waals surface area contributed by atoms with E-state index in [1.165, 1.54) is 0 Å². The van der Waals surface area contributed by atoms with Crippen LogP contribution in [0.1, 0.15) is 12.0 Å². The lowest BCUT2D eigenvalue weighted by Crippen LogP contribution is -2.35. The fraction of sp³-hybridized carbons (Fsp3) is 0.250. The van der Waals surface area contributed by atoms with E-state index in [4.69, 9.17) is 12.2 Å². The van der Waals surface area contributed by atoms with Gasteiger partial charge in [0.2, 0.25) is 5.91 Å². The molecule has 0 radical (unpaired) electrons. The number of carbonyl (C=O) groups excluding carboxylic acids is 1. The minimum absolute atomic E-state index is 0.235. The van der Waals surface area contributed by atoms with Crippen molar-refractivity contribution in [3.05, 3.63) is 28.2 Å². The molecule has 3 N–H and O–H groups in total. The van der Waals surface area contributed by atoms with Gasteiger partial charge in [0.25, 0.3) is 0 Å². The summed E-state index contributed by atoms with van der Waals surface area (Å²) in [7, 11) is 0. The third-order valence-corrected chi connectivity index (χ3v) is 2.63. The molecular weight excluding hydrogens is 268 g/mol. The summed E-state index contributed by atoms with van der Waals surface area (Å²) in [4.78, 5) is 11.6. The van der Waals surface area contributed by atoms with Crippen LogP contribution in [-0.4, -0.2) is 11.9 Å². The molecule has 0 aromatic heterocycles. The van der Waals surface area contributed by atoms with Gasteiger partial charge in [-0.1, -0.05) is 22.0 Å². The number of terminal acetylenes is 1. The van der Waals surface area contributed by atoms with Gasteiger partial charge in [-0.2, -0.15) is 0 Å². The van der Waals surface area contributed by atoms with Crippen LogP contribution in [0.4, 0.5) is 5.69 Å². The van der Waals surface area contributed by atoms with Crippen LogP contribution in [-0.2, 0) is 4.79 Å². The zero-order chi connectivity index (χ0) is 12.1. The van der Waals surface area contributed by atoms with Crippen molar-refractivity contribution in [3.63, 3.8) is 0 Å². The van der Waals surface area contributed by atoms with Crippen molar-refractivity contribution in [1.29, 1.82) is 0 Å². The Bertz CT molecular complexity index is 437. The van der Waals surface area contributed by atoms with Gasteiger partial charge in [-0.3, -0.25) is 4.79 Å². The Balaban J connectivity index is 2.77. The molecule has 1 rings (SSSR count). The van der Waals surface area contributed by atoms with E-state index in [-0.39, 0.29) is 12.3 Å². The Kier molecular flexibility index (Phi) is 4.53. The van der Waals surface area contributed by atoms with E-state index < -0.39 is 6.04 Å². The largest absolute Gasteiger partial charge is 0.324 e. The summed E-state index contributed by atoms with van der Waals surface area (Å²) in [6.45, 7) is 1.91. The molecule has 1 unspecified atom stereocenters. The first-order valence-corrected chi connectivity index (χ1v) is 5.60. The monoisotopic (exact) mass is 280 g/mol. The number of hydrogen-bond acceptors (Lipinski definition) is 2. The molecule has 0 heterocycles. The van der Waals surface area contributed by atoms with E-state index in [9.17, 15) is 4.79 Å². The Morgan fingerprint density at radius 2 is 2.38 bits per heavy atom. The third-order valence-electron chi connectivity index (χ3n) is 2.13. The molecular formula is C12H13BrN2O. The summed E-state index contributed by atoms with van der Waals surface area (Å²) in [5.74, 6) is 2.10. The van der Waals surface area contributed by atoms with E-state index in [1.807, 2.05) is 25.1 Å². The van der Waals surface area contributed by atoms with Gasteiger partial charge in [0.1, 0.15) is 0 Å². The normalized spacial score (nSPS) is 11.6. The zero-order valence-corrected chi connectivity index (χ0v) is 10.5. The molecule has 1 aromatic rings. The average Bonchev–Trinajstić information content (AvgIpc) is 2.23. The molecule has 16 heavy (non-hydrogen) atoms. The standard InChI is InChI=1S/C12H13BrN2O/c1-3-4-10(14)12(16)15-11-7-9(13)6-5-8(11)2/h1,5-7,10H,4,14H2,2H3,(H,15,16). The molecule has 0 bridgehead atoms. The summed E-state index contributed by atoms with van der Waals surface area (Å²) >= 11 is 3.34. The maximum Gasteiger partial charge on any atom is 0.242 e. The van der Waals surface area contributed by atoms with Crippen molar-refractivity contribution in [1.82, 2.24) is 0 Å². The van der Waals surface area contributed by atoms with Gasteiger partial charge in [-0.15, -0.1) is 12.3 Å². The summed E-state index contributed by atoms with van der Waals surface area (Å²) < 4.78 is 0.902. The number of nitrogens with one attached hydrogen (secondary N) is 1. The first-order chi connectivity index (χ1) is 7.54. The minimum atomic E-state index is -0.664. The number of carbonyl (C=O) groups is 1. The first-order valence-electron chi connectivity index (χ1n) is 4.80. The van der Waals surface area contributed by atoms with Crippen LogP contribution >= 0.6 is 15.9 Å². The third kappa shape index (κ3) is 3.37. The lowest BCUT2D eigenvalue weighted by atomic mass is 10.1. The van der Waals surface area contributed by atoms with Gasteiger partial charge in [-0.05, 0) is 24.6 Å². The lowest BCUT2D eigenvalue weighted by Gasteiger charge is -2.12. The molecule has 0 saturated heterocycles. The van der Waals surface area contributed by atoms with Crippen molar-refractivity contribution in [2.24, 2.45) is 5.73 Å². The van der Waals surface area contributed by atoms with Gasteiger partial charge in [0.15, 0.2) is 0 Å². The maximum absolute atomic E-state index is 11.6. The predicted octanol–water partition coefficient (Wildman–Crippen LogP) is 2.05. The van der Waals surface area contributed by atoms with Crippen molar-refractivity contribution in [2.45, 2.75) is 19.4 Å². The van der Waals surface area contributed by atoms with E-state index in [1.54, 1.807) is 0 Å². The molecule has 0 aliphatic rings. The molecule has 3 nitrogen and oxygen atoms in total. The fourth-order valence-electron chi connectivity index (χ4n) is 1.17.